The summed E-state index contributed by atoms with van der Waals surface area (Å²) in [7, 11) is -2.15. The van der Waals surface area contributed by atoms with E-state index in [0.29, 0.717) is 0 Å². The number of hydrogen-bond acceptors (Lipinski definition) is 3. The van der Waals surface area contributed by atoms with Gasteiger partial charge in [0.15, 0.2) is 0 Å². The SMILES string of the molecule is CNCCS(=O)(=O)Nc1c(F)cccc1F. The van der Waals surface area contributed by atoms with Crippen LogP contribution in [-0.2, 0) is 10.0 Å². The second-order valence-electron chi connectivity index (χ2n) is 3.12. The van der Waals surface area contributed by atoms with Gasteiger partial charge >= 0.3 is 0 Å². The Morgan fingerprint density at radius 3 is 2.31 bits per heavy atom. The third kappa shape index (κ3) is 3.42. The van der Waals surface area contributed by atoms with Crippen LogP contribution in [0.25, 0.3) is 0 Å². The van der Waals surface area contributed by atoms with E-state index in [9.17, 15) is 17.2 Å². The normalized spacial score (nSPS) is 11.4. The van der Waals surface area contributed by atoms with Crippen LogP contribution in [0, 0.1) is 11.6 Å². The number of nitrogens with one attached hydrogen (secondary N) is 2. The zero-order valence-electron chi connectivity index (χ0n) is 8.63. The monoisotopic (exact) mass is 250 g/mol. The van der Waals surface area contributed by atoms with Crippen molar-refractivity contribution >= 4 is 15.7 Å². The summed E-state index contributed by atoms with van der Waals surface area (Å²) >= 11 is 0. The summed E-state index contributed by atoms with van der Waals surface area (Å²) in [5.41, 5.74) is -0.640. The molecule has 0 heterocycles. The van der Waals surface area contributed by atoms with Crippen LogP contribution in [0.1, 0.15) is 0 Å². The molecule has 0 bridgehead atoms. The Labute approximate surface area is 92.7 Å². The zero-order valence-corrected chi connectivity index (χ0v) is 9.44. The van der Waals surface area contributed by atoms with E-state index in [0.717, 1.165) is 18.2 Å². The van der Waals surface area contributed by atoms with Gasteiger partial charge in [-0.2, -0.15) is 0 Å². The van der Waals surface area contributed by atoms with Crippen LogP contribution in [0.3, 0.4) is 0 Å². The molecular weight excluding hydrogens is 238 g/mol. The molecule has 0 radical (unpaired) electrons. The first-order chi connectivity index (χ1) is 7.46. The van der Waals surface area contributed by atoms with Gasteiger partial charge in [0.25, 0.3) is 0 Å². The van der Waals surface area contributed by atoms with Crippen molar-refractivity contribution in [2.24, 2.45) is 0 Å². The summed E-state index contributed by atoms with van der Waals surface area (Å²) in [5, 5.41) is 2.63. The molecule has 0 fully saturated rings. The summed E-state index contributed by atoms with van der Waals surface area (Å²) in [5.74, 6) is -2.13. The fraction of sp³-hybridized carbons (Fsp3) is 0.333. The second kappa shape index (κ2) is 5.22. The van der Waals surface area contributed by atoms with Crippen molar-refractivity contribution in [1.82, 2.24) is 5.32 Å². The quantitative estimate of drug-likeness (QED) is 0.817. The number of sulfonamides is 1. The van der Waals surface area contributed by atoms with Crippen LogP contribution >= 0.6 is 0 Å². The first-order valence-electron chi connectivity index (χ1n) is 4.55. The summed E-state index contributed by atoms with van der Waals surface area (Å²) < 4.78 is 50.9. The van der Waals surface area contributed by atoms with Crippen molar-refractivity contribution in [1.29, 1.82) is 0 Å². The molecule has 0 aliphatic heterocycles. The highest BCUT2D eigenvalue weighted by molar-refractivity contribution is 7.92. The van der Waals surface area contributed by atoms with Crippen molar-refractivity contribution in [3.63, 3.8) is 0 Å². The lowest BCUT2D eigenvalue weighted by molar-refractivity contribution is 0.582. The molecule has 1 aromatic rings. The molecule has 4 nitrogen and oxygen atoms in total. The van der Waals surface area contributed by atoms with Gasteiger partial charge in [0.1, 0.15) is 17.3 Å². The van der Waals surface area contributed by atoms with Gasteiger partial charge in [-0.1, -0.05) is 6.07 Å². The minimum absolute atomic E-state index is 0.200. The van der Waals surface area contributed by atoms with Crippen molar-refractivity contribution in [2.75, 3.05) is 24.1 Å². The number of hydrogen-bond donors (Lipinski definition) is 2. The highest BCUT2D eigenvalue weighted by Gasteiger charge is 2.15. The molecule has 16 heavy (non-hydrogen) atoms. The smallest absolute Gasteiger partial charge is 0.234 e. The Kier molecular flexibility index (Phi) is 4.19. The molecule has 0 spiro atoms. The molecular formula is C9H12F2N2O2S. The van der Waals surface area contributed by atoms with Gasteiger partial charge in [-0.15, -0.1) is 0 Å². The van der Waals surface area contributed by atoms with Gasteiger partial charge < -0.3 is 5.32 Å². The number of benzene rings is 1. The largest absolute Gasteiger partial charge is 0.319 e. The van der Waals surface area contributed by atoms with Crippen LogP contribution in [-0.4, -0.2) is 27.8 Å². The Balaban J connectivity index is 2.88. The van der Waals surface area contributed by atoms with Crippen LogP contribution in [0.5, 0.6) is 0 Å². The van der Waals surface area contributed by atoms with E-state index in [1.807, 2.05) is 4.72 Å². The highest BCUT2D eigenvalue weighted by atomic mass is 32.2. The predicted octanol–water partition coefficient (Wildman–Crippen LogP) is 0.926. The molecule has 0 amide bonds. The molecule has 0 unspecified atom stereocenters. The first-order valence-corrected chi connectivity index (χ1v) is 6.20. The average Bonchev–Trinajstić information content (AvgIpc) is 2.21. The number of rotatable bonds is 5. The standard InChI is InChI=1S/C9H12F2N2O2S/c1-12-5-6-16(14,15)13-9-7(10)3-2-4-8(9)11/h2-4,12-13H,5-6H2,1H3. The minimum Gasteiger partial charge on any atom is -0.319 e. The predicted molar refractivity (Wildman–Crippen MR) is 57.7 cm³/mol. The van der Waals surface area contributed by atoms with Gasteiger partial charge in [0, 0.05) is 6.54 Å². The minimum atomic E-state index is -3.73. The van der Waals surface area contributed by atoms with Gasteiger partial charge in [-0.3, -0.25) is 4.72 Å². The van der Waals surface area contributed by atoms with Gasteiger partial charge in [-0.05, 0) is 19.2 Å². The van der Waals surface area contributed by atoms with Crippen molar-refractivity contribution in [3.8, 4) is 0 Å². The van der Waals surface area contributed by atoms with E-state index in [4.69, 9.17) is 0 Å². The third-order valence-electron chi connectivity index (χ3n) is 1.84. The number of halogens is 2. The molecule has 0 atom stereocenters. The van der Waals surface area contributed by atoms with Crippen LogP contribution in [0.4, 0.5) is 14.5 Å². The molecule has 1 aromatic carbocycles. The maximum Gasteiger partial charge on any atom is 0.234 e. The summed E-state index contributed by atoms with van der Waals surface area (Å²) in [6.45, 7) is 0.200. The Hall–Kier alpha value is -1.21. The van der Waals surface area contributed by atoms with Crippen LogP contribution < -0.4 is 10.0 Å². The van der Waals surface area contributed by atoms with Crippen LogP contribution in [0.2, 0.25) is 0 Å². The summed E-state index contributed by atoms with van der Waals surface area (Å²) in [4.78, 5) is 0. The van der Waals surface area contributed by atoms with Gasteiger partial charge in [-0.25, -0.2) is 17.2 Å². The molecule has 1 rings (SSSR count). The molecule has 0 aliphatic rings. The molecule has 2 N–H and O–H groups in total. The molecule has 0 saturated carbocycles. The molecule has 90 valence electrons. The first kappa shape index (κ1) is 12.9. The number of para-hydroxylation sites is 1. The van der Waals surface area contributed by atoms with E-state index in [1.54, 1.807) is 7.05 Å². The summed E-state index contributed by atoms with van der Waals surface area (Å²) in [6, 6.07) is 3.13. The topological polar surface area (TPSA) is 58.2 Å². The lowest BCUT2D eigenvalue weighted by Gasteiger charge is -2.09. The van der Waals surface area contributed by atoms with Crippen LogP contribution in [0.15, 0.2) is 18.2 Å². The van der Waals surface area contributed by atoms with E-state index < -0.39 is 27.3 Å². The fourth-order valence-electron chi connectivity index (χ4n) is 1.04. The number of anilines is 1. The molecule has 0 saturated heterocycles. The van der Waals surface area contributed by atoms with E-state index in [2.05, 4.69) is 5.32 Å². The van der Waals surface area contributed by atoms with E-state index in [1.165, 1.54) is 0 Å². The maximum absolute atomic E-state index is 13.1. The second-order valence-corrected chi connectivity index (χ2v) is 4.96. The Morgan fingerprint density at radius 2 is 1.81 bits per heavy atom. The lowest BCUT2D eigenvalue weighted by Crippen LogP contribution is -2.25. The highest BCUT2D eigenvalue weighted by Crippen LogP contribution is 2.19. The average molecular weight is 250 g/mol. The molecule has 7 heteroatoms. The summed E-state index contributed by atoms with van der Waals surface area (Å²) in [6.07, 6.45) is 0. The van der Waals surface area contributed by atoms with Gasteiger partial charge in [0.05, 0.1) is 5.75 Å². The van der Waals surface area contributed by atoms with E-state index >= 15 is 0 Å². The lowest BCUT2D eigenvalue weighted by atomic mass is 10.3. The Morgan fingerprint density at radius 1 is 1.25 bits per heavy atom. The van der Waals surface area contributed by atoms with Gasteiger partial charge in [0.2, 0.25) is 10.0 Å². The zero-order chi connectivity index (χ0) is 12.2. The van der Waals surface area contributed by atoms with Crippen molar-refractivity contribution < 1.29 is 17.2 Å². The molecule has 0 aromatic heterocycles. The molecule has 0 aliphatic carbocycles. The maximum atomic E-state index is 13.1. The third-order valence-corrected chi connectivity index (χ3v) is 3.10. The van der Waals surface area contributed by atoms with Crippen molar-refractivity contribution in [2.45, 2.75) is 0 Å². The van der Waals surface area contributed by atoms with Crippen molar-refractivity contribution in [3.05, 3.63) is 29.8 Å². The fourth-order valence-corrected chi connectivity index (χ4v) is 2.12. The van der Waals surface area contributed by atoms with E-state index in [-0.39, 0.29) is 12.3 Å². The Bertz CT molecular complexity index is 442.